The molecule has 9 nitrogen and oxygen atoms in total. The molecule has 2 aliphatic rings. The zero-order chi connectivity index (χ0) is 24.8. The number of hydrogen-bond donors (Lipinski definition) is 1. The van der Waals surface area contributed by atoms with Crippen molar-refractivity contribution < 1.29 is 14.3 Å². The van der Waals surface area contributed by atoms with Crippen LogP contribution >= 0.6 is 0 Å². The second kappa shape index (κ2) is 11.4. The van der Waals surface area contributed by atoms with Crippen LogP contribution in [0.4, 0.5) is 17.3 Å². The number of amides is 1. The summed E-state index contributed by atoms with van der Waals surface area (Å²) in [6, 6.07) is 5.82. The molecular weight excluding hydrogens is 444 g/mol. The number of benzene rings is 1. The van der Waals surface area contributed by atoms with E-state index in [0.29, 0.717) is 30.9 Å². The third-order valence-electron chi connectivity index (χ3n) is 6.51. The first kappa shape index (κ1) is 24.8. The first-order chi connectivity index (χ1) is 17.0. The van der Waals surface area contributed by atoms with Crippen molar-refractivity contribution in [3.05, 3.63) is 30.1 Å². The number of hydrogen-bond acceptors (Lipinski definition) is 8. The van der Waals surface area contributed by atoms with E-state index in [4.69, 9.17) is 14.5 Å². The highest BCUT2D eigenvalue weighted by atomic mass is 16.5. The van der Waals surface area contributed by atoms with Gasteiger partial charge in [0.15, 0.2) is 11.5 Å². The van der Waals surface area contributed by atoms with Crippen LogP contribution in [-0.2, 0) is 4.79 Å². The number of rotatable bonds is 2. The molecule has 3 heterocycles. The highest BCUT2D eigenvalue weighted by Gasteiger charge is 2.28. The summed E-state index contributed by atoms with van der Waals surface area (Å²) in [6.45, 7) is 6.91. The summed E-state index contributed by atoms with van der Waals surface area (Å²) in [5.74, 6) is 3.29. The molecule has 1 amide bonds. The van der Waals surface area contributed by atoms with Gasteiger partial charge in [-0.2, -0.15) is 0 Å². The molecule has 2 bridgehead atoms. The summed E-state index contributed by atoms with van der Waals surface area (Å²) in [6.07, 6.45) is 6.57. The average Bonchev–Trinajstić information content (AvgIpc) is 3.27. The highest BCUT2D eigenvalue weighted by Crippen LogP contribution is 2.36. The van der Waals surface area contributed by atoms with Gasteiger partial charge in [-0.15, -0.1) is 0 Å². The fourth-order valence-corrected chi connectivity index (χ4v) is 4.60. The average molecular weight is 481 g/mol. The molecule has 1 N–H and O–H groups in total. The lowest BCUT2D eigenvalue weighted by molar-refractivity contribution is -0.133. The van der Waals surface area contributed by atoms with Gasteiger partial charge < -0.3 is 24.6 Å². The maximum absolute atomic E-state index is 12.9. The number of carbonyl (C=O) groups excluding carboxylic acids is 1. The molecular formula is C26H36N6O3. The largest absolute Gasteiger partial charge is 0.493 e. The van der Waals surface area contributed by atoms with Crippen LogP contribution in [0.3, 0.4) is 0 Å². The van der Waals surface area contributed by atoms with E-state index >= 15 is 0 Å². The summed E-state index contributed by atoms with van der Waals surface area (Å²) >= 11 is 0. The molecule has 1 aromatic heterocycles. The molecule has 35 heavy (non-hydrogen) atoms. The van der Waals surface area contributed by atoms with Gasteiger partial charge in [0.2, 0.25) is 5.91 Å². The normalized spacial score (nSPS) is 19.3. The second-order valence-corrected chi connectivity index (χ2v) is 9.32. The van der Waals surface area contributed by atoms with Crippen LogP contribution in [0.15, 0.2) is 29.5 Å². The van der Waals surface area contributed by atoms with Crippen molar-refractivity contribution >= 4 is 29.4 Å². The van der Waals surface area contributed by atoms with Crippen molar-refractivity contribution in [1.29, 1.82) is 0 Å². The zero-order valence-electron chi connectivity index (χ0n) is 21.2. The topological polar surface area (TPSA) is 92.2 Å². The fraction of sp³-hybridized carbons (Fsp3) is 0.538. The molecule has 4 rings (SSSR count). The molecule has 2 aliphatic heterocycles. The maximum atomic E-state index is 12.9. The minimum atomic E-state index is 0.0613. The number of carbonyl (C=O) groups is 1. The van der Waals surface area contributed by atoms with Gasteiger partial charge in [-0.25, -0.2) is 9.97 Å². The molecule has 1 unspecified atom stereocenters. The Balaban J connectivity index is 1.63. The molecule has 2 aromatic rings. The molecule has 188 valence electrons. The second-order valence-electron chi connectivity index (χ2n) is 9.32. The lowest BCUT2D eigenvalue weighted by Gasteiger charge is -2.27. The number of aliphatic imine (C=N–C) groups is 1. The Morgan fingerprint density at radius 3 is 2.80 bits per heavy atom. The van der Waals surface area contributed by atoms with Gasteiger partial charge in [-0.1, -0.05) is 0 Å². The van der Waals surface area contributed by atoms with Crippen LogP contribution in [0.5, 0.6) is 11.5 Å². The Labute approximate surface area is 207 Å². The van der Waals surface area contributed by atoms with Gasteiger partial charge in [0, 0.05) is 62.9 Å². The van der Waals surface area contributed by atoms with E-state index in [2.05, 4.69) is 41.1 Å². The number of ether oxygens (including phenoxy) is 2. The van der Waals surface area contributed by atoms with Crippen molar-refractivity contribution in [2.75, 3.05) is 50.6 Å². The zero-order valence-corrected chi connectivity index (χ0v) is 21.2. The molecule has 1 aromatic carbocycles. The van der Waals surface area contributed by atoms with Crippen LogP contribution in [-0.4, -0.2) is 73.4 Å². The van der Waals surface area contributed by atoms with E-state index in [-0.39, 0.29) is 17.9 Å². The molecule has 0 spiro atoms. The molecule has 0 fully saturated rings. The number of anilines is 2. The van der Waals surface area contributed by atoms with E-state index in [1.807, 2.05) is 29.3 Å². The summed E-state index contributed by atoms with van der Waals surface area (Å²) in [4.78, 5) is 30.9. The number of nitrogens with zero attached hydrogens (tertiary/aromatic N) is 5. The van der Waals surface area contributed by atoms with Crippen molar-refractivity contribution in [3.8, 4) is 11.5 Å². The lowest BCUT2D eigenvalue weighted by atomic mass is 10.0. The predicted octanol–water partition coefficient (Wildman–Crippen LogP) is 4.02. The molecule has 0 saturated carbocycles. The van der Waals surface area contributed by atoms with E-state index < -0.39 is 0 Å². The van der Waals surface area contributed by atoms with Gasteiger partial charge in [-0.05, 0) is 45.2 Å². The van der Waals surface area contributed by atoms with E-state index in [0.717, 1.165) is 55.4 Å². The lowest BCUT2D eigenvalue weighted by Crippen LogP contribution is -2.38. The summed E-state index contributed by atoms with van der Waals surface area (Å²) in [5, 5.41) is 3.39. The quantitative estimate of drug-likeness (QED) is 0.694. The van der Waals surface area contributed by atoms with E-state index in [9.17, 15) is 4.79 Å². The van der Waals surface area contributed by atoms with Gasteiger partial charge >= 0.3 is 0 Å². The first-order valence-corrected chi connectivity index (χ1v) is 12.4. The number of methoxy groups -OCH3 is 1. The van der Waals surface area contributed by atoms with Crippen molar-refractivity contribution in [2.45, 2.75) is 51.5 Å². The Hall–Kier alpha value is -3.36. The summed E-state index contributed by atoms with van der Waals surface area (Å²) in [5.41, 5.74) is 1.85. The van der Waals surface area contributed by atoms with Crippen LogP contribution in [0.25, 0.3) is 0 Å². The minimum absolute atomic E-state index is 0.0613. The Bertz CT molecular complexity index is 1060. The SMILES string of the molecule is COc1ccc2cc1OCCCC(=O)N(C(C)C)CCCCN(C)c1ncnc3c1C(C=N2)CN3. The summed E-state index contributed by atoms with van der Waals surface area (Å²) in [7, 11) is 3.69. The molecule has 0 aliphatic carbocycles. The minimum Gasteiger partial charge on any atom is -0.493 e. The van der Waals surface area contributed by atoms with Gasteiger partial charge in [0.25, 0.3) is 0 Å². The Kier molecular flexibility index (Phi) is 8.05. The first-order valence-electron chi connectivity index (χ1n) is 12.4. The highest BCUT2D eigenvalue weighted by molar-refractivity contribution is 5.81. The fourth-order valence-electron chi connectivity index (χ4n) is 4.60. The Morgan fingerprint density at radius 1 is 1.17 bits per heavy atom. The Morgan fingerprint density at radius 2 is 2.00 bits per heavy atom. The molecule has 9 heteroatoms. The summed E-state index contributed by atoms with van der Waals surface area (Å²) < 4.78 is 11.5. The van der Waals surface area contributed by atoms with Crippen molar-refractivity contribution in [1.82, 2.24) is 14.9 Å². The van der Waals surface area contributed by atoms with Gasteiger partial charge in [-0.3, -0.25) is 9.79 Å². The maximum Gasteiger partial charge on any atom is 0.222 e. The van der Waals surface area contributed by atoms with Gasteiger partial charge in [0.05, 0.1) is 19.4 Å². The third-order valence-corrected chi connectivity index (χ3v) is 6.51. The van der Waals surface area contributed by atoms with Crippen LogP contribution < -0.4 is 19.7 Å². The van der Waals surface area contributed by atoms with Crippen molar-refractivity contribution in [2.24, 2.45) is 4.99 Å². The molecule has 1 atom stereocenters. The van der Waals surface area contributed by atoms with Crippen LogP contribution in [0.1, 0.15) is 51.0 Å². The van der Waals surface area contributed by atoms with Crippen LogP contribution in [0.2, 0.25) is 0 Å². The number of fused-ring (bicyclic) bond motifs is 2. The smallest absolute Gasteiger partial charge is 0.222 e. The van der Waals surface area contributed by atoms with E-state index in [1.54, 1.807) is 13.4 Å². The van der Waals surface area contributed by atoms with Crippen molar-refractivity contribution in [3.63, 3.8) is 0 Å². The number of aromatic nitrogens is 2. The third kappa shape index (κ3) is 5.83. The standard InChI is InChI=1S/C26H36N6O3/c1-18(2)32-12-6-5-11-31(3)26-24-19(16-28-25(24)29-17-30-26)15-27-20-9-10-21(34-4)22(14-20)35-13-7-8-23(32)33/h9-10,14-15,17-19H,5-8,11-13,16H2,1-4H3,(H,28,29,30). The van der Waals surface area contributed by atoms with Gasteiger partial charge in [0.1, 0.15) is 18.0 Å². The molecule has 0 radical (unpaired) electrons. The van der Waals surface area contributed by atoms with E-state index in [1.165, 1.54) is 0 Å². The monoisotopic (exact) mass is 480 g/mol. The van der Waals surface area contributed by atoms with Crippen LogP contribution in [0, 0.1) is 0 Å². The predicted molar refractivity (Wildman–Crippen MR) is 138 cm³/mol. The molecule has 0 saturated heterocycles. The number of nitrogens with one attached hydrogen (secondary N) is 1.